The molecule has 0 fully saturated rings. The van der Waals surface area contributed by atoms with E-state index in [4.69, 9.17) is 4.74 Å². The molecule has 0 heterocycles. The van der Waals surface area contributed by atoms with Gasteiger partial charge in [-0.3, -0.25) is 4.79 Å². The van der Waals surface area contributed by atoms with Crippen LogP contribution in [0, 0.1) is 6.92 Å². The van der Waals surface area contributed by atoms with E-state index in [0.29, 0.717) is 5.75 Å². The van der Waals surface area contributed by atoms with Crippen molar-refractivity contribution in [2.45, 2.75) is 20.0 Å². The monoisotopic (exact) mass is 371 g/mol. The molecule has 1 amide bonds. The van der Waals surface area contributed by atoms with E-state index in [1.807, 2.05) is 25.1 Å². The van der Waals surface area contributed by atoms with Crippen molar-refractivity contribution in [2.24, 2.45) is 0 Å². The van der Waals surface area contributed by atoms with Gasteiger partial charge in [0.1, 0.15) is 5.75 Å². The first-order valence-electron chi connectivity index (χ1n) is 8.20. The Kier molecular flexibility index (Phi) is 6.54. The molecule has 0 radical (unpaired) electrons. The van der Waals surface area contributed by atoms with E-state index in [1.165, 1.54) is 32.4 Å². The van der Waals surface area contributed by atoms with Gasteiger partial charge in [-0.05, 0) is 49.7 Å². The number of carbonyl (C=O) groups is 3. The molecule has 142 valence electrons. The Bertz CT molecular complexity index is 827. The van der Waals surface area contributed by atoms with Crippen molar-refractivity contribution in [1.29, 1.82) is 0 Å². The number of ether oxygens (including phenoxy) is 3. The number of esters is 2. The van der Waals surface area contributed by atoms with Crippen molar-refractivity contribution in [3.05, 3.63) is 59.2 Å². The normalized spacial score (nSPS) is 11.3. The second kappa shape index (κ2) is 8.84. The summed E-state index contributed by atoms with van der Waals surface area (Å²) in [7, 11) is 2.45. The Balaban J connectivity index is 2.20. The SMILES string of the molecule is COC(=O)c1cc(NC(=O)[C@@H](C)Oc2cccc(C)c2)cc(C(=O)OC)c1. The van der Waals surface area contributed by atoms with Crippen LogP contribution in [-0.4, -0.2) is 38.2 Å². The highest BCUT2D eigenvalue weighted by atomic mass is 16.5. The Morgan fingerprint density at radius 2 is 1.52 bits per heavy atom. The number of benzene rings is 2. The van der Waals surface area contributed by atoms with E-state index < -0.39 is 23.9 Å². The van der Waals surface area contributed by atoms with Gasteiger partial charge in [0, 0.05) is 5.69 Å². The maximum absolute atomic E-state index is 12.4. The summed E-state index contributed by atoms with van der Waals surface area (Å²) in [5, 5.41) is 2.64. The summed E-state index contributed by atoms with van der Waals surface area (Å²) in [5.41, 5.74) is 1.49. The Morgan fingerprint density at radius 3 is 2.04 bits per heavy atom. The predicted octanol–water partition coefficient (Wildman–Crippen LogP) is 2.97. The van der Waals surface area contributed by atoms with Crippen molar-refractivity contribution < 1.29 is 28.6 Å². The molecule has 0 saturated heterocycles. The minimum Gasteiger partial charge on any atom is -0.481 e. The van der Waals surface area contributed by atoms with Crippen molar-refractivity contribution in [3.63, 3.8) is 0 Å². The third-order valence-corrected chi connectivity index (χ3v) is 3.71. The maximum atomic E-state index is 12.4. The number of anilines is 1. The van der Waals surface area contributed by atoms with Crippen LogP contribution in [0.25, 0.3) is 0 Å². The smallest absolute Gasteiger partial charge is 0.337 e. The first-order valence-corrected chi connectivity index (χ1v) is 8.20. The number of carbonyl (C=O) groups excluding carboxylic acids is 3. The number of aryl methyl sites for hydroxylation is 1. The fourth-order valence-corrected chi connectivity index (χ4v) is 2.36. The van der Waals surface area contributed by atoms with Crippen LogP contribution in [0.1, 0.15) is 33.2 Å². The summed E-state index contributed by atoms with van der Waals surface area (Å²) in [6, 6.07) is 11.5. The van der Waals surface area contributed by atoms with Crippen molar-refractivity contribution in [1.82, 2.24) is 0 Å². The average molecular weight is 371 g/mol. The standard InChI is InChI=1S/C20H21NO6/c1-12-6-5-7-17(8-12)27-13(2)18(22)21-16-10-14(19(23)25-3)9-15(11-16)20(24)26-4/h5-11,13H,1-4H3,(H,21,22)/t13-/m1/s1. The quantitative estimate of drug-likeness (QED) is 0.785. The van der Waals surface area contributed by atoms with Crippen LogP contribution < -0.4 is 10.1 Å². The summed E-state index contributed by atoms with van der Waals surface area (Å²) in [6.45, 7) is 3.52. The number of rotatable bonds is 6. The molecular formula is C20H21NO6. The predicted molar refractivity (Wildman–Crippen MR) is 99.0 cm³/mol. The van der Waals surface area contributed by atoms with Gasteiger partial charge in [-0.25, -0.2) is 9.59 Å². The van der Waals surface area contributed by atoms with E-state index in [1.54, 1.807) is 13.0 Å². The molecule has 0 aliphatic rings. The van der Waals surface area contributed by atoms with Crippen molar-refractivity contribution >= 4 is 23.5 Å². The molecule has 27 heavy (non-hydrogen) atoms. The molecule has 2 aromatic rings. The first kappa shape index (κ1) is 20.0. The highest BCUT2D eigenvalue weighted by Crippen LogP contribution is 2.19. The minimum atomic E-state index is -0.796. The zero-order valence-corrected chi connectivity index (χ0v) is 15.6. The van der Waals surface area contributed by atoms with Crippen molar-refractivity contribution in [2.75, 3.05) is 19.5 Å². The topological polar surface area (TPSA) is 90.9 Å². The molecule has 0 unspecified atom stereocenters. The number of nitrogens with one attached hydrogen (secondary N) is 1. The summed E-state index contributed by atoms with van der Waals surface area (Å²) < 4.78 is 15.0. The second-order valence-corrected chi connectivity index (χ2v) is 5.85. The molecule has 0 bridgehead atoms. The van der Waals surface area contributed by atoms with Crippen LogP contribution in [-0.2, 0) is 14.3 Å². The van der Waals surface area contributed by atoms with Gasteiger partial charge in [0.25, 0.3) is 5.91 Å². The molecule has 2 rings (SSSR count). The molecule has 7 nitrogen and oxygen atoms in total. The van der Waals surface area contributed by atoms with Crippen molar-refractivity contribution in [3.8, 4) is 5.75 Å². The Labute approximate surface area is 157 Å². The van der Waals surface area contributed by atoms with E-state index in [2.05, 4.69) is 14.8 Å². The highest BCUT2D eigenvalue weighted by molar-refractivity contribution is 6.00. The molecule has 2 aromatic carbocycles. The zero-order valence-electron chi connectivity index (χ0n) is 15.6. The molecule has 0 saturated carbocycles. The lowest BCUT2D eigenvalue weighted by Crippen LogP contribution is -2.30. The van der Waals surface area contributed by atoms with Gasteiger partial charge in [0.2, 0.25) is 0 Å². The van der Waals surface area contributed by atoms with Crippen LogP contribution >= 0.6 is 0 Å². The Morgan fingerprint density at radius 1 is 0.926 bits per heavy atom. The molecule has 7 heteroatoms. The van der Waals surface area contributed by atoms with Gasteiger partial charge < -0.3 is 19.5 Å². The number of amides is 1. The lowest BCUT2D eigenvalue weighted by atomic mass is 10.1. The molecule has 0 aromatic heterocycles. The number of hydrogen-bond acceptors (Lipinski definition) is 6. The molecule has 0 aliphatic carbocycles. The average Bonchev–Trinajstić information content (AvgIpc) is 2.66. The molecule has 1 N–H and O–H groups in total. The van der Waals surface area contributed by atoms with Gasteiger partial charge >= 0.3 is 11.9 Å². The minimum absolute atomic E-state index is 0.114. The second-order valence-electron chi connectivity index (χ2n) is 5.85. The van der Waals surface area contributed by atoms with E-state index in [-0.39, 0.29) is 16.8 Å². The van der Waals surface area contributed by atoms with Gasteiger partial charge in [-0.15, -0.1) is 0 Å². The van der Waals surface area contributed by atoms with E-state index >= 15 is 0 Å². The molecular weight excluding hydrogens is 350 g/mol. The van der Waals surface area contributed by atoms with E-state index in [9.17, 15) is 14.4 Å². The van der Waals surface area contributed by atoms with Gasteiger partial charge in [-0.2, -0.15) is 0 Å². The fraction of sp³-hybridized carbons (Fsp3) is 0.250. The first-order chi connectivity index (χ1) is 12.8. The Hall–Kier alpha value is -3.35. The van der Waals surface area contributed by atoms with E-state index in [0.717, 1.165) is 5.56 Å². The lowest BCUT2D eigenvalue weighted by Gasteiger charge is -2.16. The molecule has 0 aliphatic heterocycles. The van der Waals surface area contributed by atoms with Gasteiger partial charge in [-0.1, -0.05) is 12.1 Å². The summed E-state index contributed by atoms with van der Waals surface area (Å²) in [4.78, 5) is 36.1. The number of methoxy groups -OCH3 is 2. The lowest BCUT2D eigenvalue weighted by molar-refractivity contribution is -0.122. The molecule has 0 spiro atoms. The van der Waals surface area contributed by atoms with Crippen LogP contribution in [0.4, 0.5) is 5.69 Å². The van der Waals surface area contributed by atoms with Crippen LogP contribution in [0.5, 0.6) is 5.75 Å². The number of hydrogen-bond donors (Lipinski definition) is 1. The molecule has 1 atom stereocenters. The van der Waals surface area contributed by atoms with Crippen LogP contribution in [0.2, 0.25) is 0 Å². The summed E-state index contributed by atoms with van der Waals surface area (Å²) >= 11 is 0. The van der Waals surface area contributed by atoms with Crippen LogP contribution in [0.15, 0.2) is 42.5 Å². The summed E-state index contributed by atoms with van der Waals surface area (Å²) in [6.07, 6.45) is -0.796. The van der Waals surface area contributed by atoms with Gasteiger partial charge in [0.15, 0.2) is 6.10 Å². The highest BCUT2D eigenvalue weighted by Gasteiger charge is 2.18. The summed E-state index contributed by atoms with van der Waals surface area (Å²) in [5.74, 6) is -1.15. The fourth-order valence-electron chi connectivity index (χ4n) is 2.36. The van der Waals surface area contributed by atoms with Gasteiger partial charge in [0.05, 0.1) is 25.3 Å². The van der Waals surface area contributed by atoms with Crippen LogP contribution in [0.3, 0.4) is 0 Å². The third-order valence-electron chi connectivity index (χ3n) is 3.71. The zero-order chi connectivity index (χ0) is 20.0. The maximum Gasteiger partial charge on any atom is 0.337 e. The largest absolute Gasteiger partial charge is 0.481 e. The third kappa shape index (κ3) is 5.31.